The Morgan fingerprint density at radius 1 is 1.67 bits per heavy atom. The Labute approximate surface area is 80.4 Å². The van der Waals surface area contributed by atoms with Gasteiger partial charge in [0.25, 0.3) is 0 Å². The summed E-state index contributed by atoms with van der Waals surface area (Å²) in [5.74, 6) is 0. The van der Waals surface area contributed by atoms with Crippen LogP contribution in [0.3, 0.4) is 0 Å². The molecule has 0 aliphatic carbocycles. The van der Waals surface area contributed by atoms with Gasteiger partial charge in [0.15, 0.2) is 0 Å². The molecule has 2 heterocycles. The lowest BCUT2D eigenvalue weighted by atomic mass is 10.1. The van der Waals surface area contributed by atoms with Crippen LogP contribution in [0.4, 0.5) is 0 Å². The predicted octanol–water partition coefficient (Wildman–Crippen LogP) is 1.74. The zero-order valence-corrected chi connectivity index (χ0v) is 8.03. The van der Waals surface area contributed by atoms with Crippen LogP contribution in [0.2, 0.25) is 0 Å². The van der Waals surface area contributed by atoms with Gasteiger partial charge in [-0.3, -0.25) is 0 Å². The van der Waals surface area contributed by atoms with Gasteiger partial charge in [-0.1, -0.05) is 6.08 Å². The minimum atomic E-state index is 0.119. The molecule has 1 aliphatic rings. The maximum atomic E-state index is 5.97. The van der Waals surface area contributed by atoms with E-state index in [4.69, 9.17) is 11.6 Å². The fraction of sp³-hybridized carbons (Fsp3) is 0.375. The normalized spacial score (nSPS) is 23.8. The summed E-state index contributed by atoms with van der Waals surface area (Å²) in [6.07, 6.45) is 3.98. The van der Waals surface area contributed by atoms with Gasteiger partial charge in [0.2, 0.25) is 0 Å². The molecule has 0 aromatic carbocycles. The molecule has 1 aliphatic heterocycles. The van der Waals surface area contributed by atoms with Crippen LogP contribution in [0.1, 0.15) is 5.56 Å². The summed E-state index contributed by atoms with van der Waals surface area (Å²) in [5, 5.41) is 5.41. The topological polar surface area (TPSA) is 24.9 Å². The summed E-state index contributed by atoms with van der Waals surface area (Å²) >= 11 is 7.45. The SMILES string of the molecule is ClC1C=C(c2cnsc2)CNC1. The second kappa shape index (κ2) is 3.56. The zero-order valence-electron chi connectivity index (χ0n) is 6.46. The highest BCUT2D eigenvalue weighted by molar-refractivity contribution is 7.03. The largest absolute Gasteiger partial charge is 0.311 e. The van der Waals surface area contributed by atoms with Crippen molar-refractivity contribution in [2.45, 2.75) is 5.38 Å². The molecule has 1 aromatic heterocycles. The minimum Gasteiger partial charge on any atom is -0.311 e. The zero-order chi connectivity index (χ0) is 8.39. The molecule has 2 nitrogen and oxygen atoms in total. The molecule has 0 saturated heterocycles. The van der Waals surface area contributed by atoms with E-state index in [-0.39, 0.29) is 5.38 Å². The number of nitrogens with one attached hydrogen (secondary N) is 1. The standard InChI is InChI=1S/C8H9ClN2S/c9-8-1-6(2-10-4-8)7-3-11-12-5-7/h1,3,5,8,10H,2,4H2. The van der Waals surface area contributed by atoms with Crippen LogP contribution in [0, 0.1) is 0 Å². The monoisotopic (exact) mass is 200 g/mol. The second-order valence-corrected chi connectivity index (χ2v) is 3.97. The first-order chi connectivity index (χ1) is 5.86. The second-order valence-electron chi connectivity index (χ2n) is 2.75. The molecule has 0 spiro atoms. The van der Waals surface area contributed by atoms with Crippen molar-refractivity contribution in [1.29, 1.82) is 0 Å². The van der Waals surface area contributed by atoms with Gasteiger partial charge in [0.1, 0.15) is 0 Å². The molecule has 12 heavy (non-hydrogen) atoms. The van der Waals surface area contributed by atoms with Crippen LogP contribution in [0.25, 0.3) is 5.57 Å². The van der Waals surface area contributed by atoms with Gasteiger partial charge in [0, 0.05) is 30.2 Å². The highest BCUT2D eigenvalue weighted by Gasteiger charge is 2.11. The number of aromatic nitrogens is 1. The Hall–Kier alpha value is -0.380. The van der Waals surface area contributed by atoms with Crippen LogP contribution in [0.5, 0.6) is 0 Å². The summed E-state index contributed by atoms with van der Waals surface area (Å²) in [4.78, 5) is 0. The van der Waals surface area contributed by atoms with Gasteiger partial charge < -0.3 is 5.32 Å². The van der Waals surface area contributed by atoms with Crippen molar-refractivity contribution in [1.82, 2.24) is 9.69 Å². The maximum Gasteiger partial charge on any atom is 0.0647 e. The lowest BCUT2D eigenvalue weighted by molar-refractivity contribution is 0.744. The molecule has 1 aromatic rings. The van der Waals surface area contributed by atoms with Crippen molar-refractivity contribution in [3.8, 4) is 0 Å². The third-order valence-corrected chi connectivity index (χ3v) is 2.71. The highest BCUT2D eigenvalue weighted by Crippen LogP contribution is 2.19. The Kier molecular flexibility index (Phi) is 2.44. The quantitative estimate of drug-likeness (QED) is 0.699. The fourth-order valence-electron chi connectivity index (χ4n) is 1.24. The van der Waals surface area contributed by atoms with Crippen LogP contribution in [-0.4, -0.2) is 22.8 Å². The Bertz CT molecular complexity index is 281. The average molecular weight is 201 g/mol. The van der Waals surface area contributed by atoms with Crippen molar-refractivity contribution in [3.63, 3.8) is 0 Å². The van der Waals surface area contributed by atoms with Crippen molar-refractivity contribution in [2.75, 3.05) is 13.1 Å². The van der Waals surface area contributed by atoms with Crippen molar-refractivity contribution in [2.24, 2.45) is 0 Å². The highest BCUT2D eigenvalue weighted by atomic mass is 35.5. The molecule has 2 rings (SSSR count). The first-order valence-electron chi connectivity index (χ1n) is 3.81. The van der Waals surface area contributed by atoms with Gasteiger partial charge in [-0.2, -0.15) is 0 Å². The number of rotatable bonds is 1. The van der Waals surface area contributed by atoms with Crippen molar-refractivity contribution < 1.29 is 0 Å². The van der Waals surface area contributed by atoms with E-state index >= 15 is 0 Å². The molecule has 1 N–H and O–H groups in total. The van der Waals surface area contributed by atoms with Crippen LogP contribution >= 0.6 is 23.1 Å². The Morgan fingerprint density at radius 3 is 3.25 bits per heavy atom. The number of hydrogen-bond acceptors (Lipinski definition) is 3. The molecule has 0 amide bonds. The van der Waals surface area contributed by atoms with E-state index in [9.17, 15) is 0 Å². The lowest BCUT2D eigenvalue weighted by Crippen LogP contribution is -2.28. The van der Waals surface area contributed by atoms with Crippen LogP contribution in [-0.2, 0) is 0 Å². The first kappa shape index (κ1) is 8.23. The molecular weight excluding hydrogens is 192 g/mol. The number of alkyl halides is 1. The summed E-state index contributed by atoms with van der Waals surface area (Å²) in [6.45, 7) is 1.77. The fourth-order valence-corrected chi connectivity index (χ4v) is 2.06. The van der Waals surface area contributed by atoms with Crippen molar-refractivity contribution in [3.05, 3.63) is 23.2 Å². The van der Waals surface area contributed by atoms with Gasteiger partial charge in [0.05, 0.1) is 5.38 Å². The molecule has 64 valence electrons. The van der Waals surface area contributed by atoms with E-state index in [0.29, 0.717) is 0 Å². The van der Waals surface area contributed by atoms with Gasteiger partial charge >= 0.3 is 0 Å². The lowest BCUT2D eigenvalue weighted by Gasteiger charge is -2.16. The van der Waals surface area contributed by atoms with Crippen molar-refractivity contribution >= 4 is 28.7 Å². The summed E-state index contributed by atoms with van der Waals surface area (Å²) in [6, 6.07) is 0. The number of halogens is 1. The third-order valence-electron chi connectivity index (χ3n) is 1.84. The average Bonchev–Trinajstić information content (AvgIpc) is 2.56. The molecule has 0 bridgehead atoms. The van der Waals surface area contributed by atoms with E-state index in [1.807, 2.05) is 11.6 Å². The molecule has 1 atom stereocenters. The summed E-state index contributed by atoms with van der Waals surface area (Å²) in [5.41, 5.74) is 2.45. The van der Waals surface area contributed by atoms with E-state index < -0.39 is 0 Å². The molecule has 1 unspecified atom stereocenters. The Morgan fingerprint density at radius 2 is 2.58 bits per heavy atom. The third kappa shape index (κ3) is 1.68. The van der Waals surface area contributed by atoms with Gasteiger partial charge in [-0.15, -0.1) is 11.6 Å². The molecule has 0 saturated carbocycles. The summed E-state index contributed by atoms with van der Waals surface area (Å²) < 4.78 is 4.05. The first-order valence-corrected chi connectivity index (χ1v) is 5.09. The smallest absolute Gasteiger partial charge is 0.0647 e. The molecule has 4 heteroatoms. The van der Waals surface area contributed by atoms with E-state index in [0.717, 1.165) is 13.1 Å². The molecule has 0 radical (unpaired) electrons. The van der Waals surface area contributed by atoms with Crippen LogP contribution in [0.15, 0.2) is 17.7 Å². The Balaban J connectivity index is 2.23. The van der Waals surface area contributed by atoms with Crippen LogP contribution < -0.4 is 5.32 Å². The number of nitrogens with zero attached hydrogens (tertiary/aromatic N) is 1. The van der Waals surface area contributed by atoms with E-state index in [2.05, 4.69) is 15.8 Å². The van der Waals surface area contributed by atoms with E-state index in [1.54, 1.807) is 0 Å². The minimum absolute atomic E-state index is 0.119. The van der Waals surface area contributed by atoms with Gasteiger partial charge in [-0.05, 0) is 17.1 Å². The van der Waals surface area contributed by atoms with Gasteiger partial charge in [-0.25, -0.2) is 4.37 Å². The van der Waals surface area contributed by atoms with E-state index in [1.165, 1.54) is 22.7 Å². The maximum absolute atomic E-state index is 5.97. The molecule has 0 fully saturated rings. The number of hydrogen-bond donors (Lipinski definition) is 1. The predicted molar refractivity (Wildman–Crippen MR) is 52.6 cm³/mol. The summed E-state index contributed by atoms with van der Waals surface area (Å²) in [7, 11) is 0. The molecular formula is C8H9ClN2S.